The van der Waals surface area contributed by atoms with Crippen LogP contribution in [0.25, 0.3) is 5.65 Å². The second-order valence-corrected chi connectivity index (χ2v) is 9.09. The van der Waals surface area contributed by atoms with Crippen LogP contribution in [0.5, 0.6) is 11.6 Å². The Morgan fingerprint density at radius 3 is 2.53 bits per heavy atom. The first kappa shape index (κ1) is 25.2. The zero-order valence-corrected chi connectivity index (χ0v) is 20.2. The van der Waals surface area contributed by atoms with Gasteiger partial charge in [-0.3, -0.25) is 9.59 Å². The molecule has 1 aliphatic rings. The number of fused-ring (bicyclic) bond motifs is 1. The summed E-state index contributed by atoms with van der Waals surface area (Å²) in [4.78, 5) is 29.3. The van der Waals surface area contributed by atoms with Crippen molar-refractivity contribution in [1.29, 1.82) is 0 Å². The van der Waals surface area contributed by atoms with E-state index in [-0.39, 0.29) is 29.1 Å². The van der Waals surface area contributed by atoms with E-state index in [2.05, 4.69) is 20.7 Å². The van der Waals surface area contributed by atoms with E-state index >= 15 is 0 Å². The van der Waals surface area contributed by atoms with Gasteiger partial charge in [-0.2, -0.15) is 13.2 Å². The number of nitrogens with zero attached hydrogens (tertiary/aromatic N) is 3. The standard InChI is InChI=1S/C27H24F3N5O3/c28-27(29,30)19-9-4-8-18(14-19)26(37)33-22-16-35-23(32-22)12-13-24(34-35)38-21-11-5-10-20(15-21)31-25(36)17-6-2-1-3-7-17/h4-5,8-17H,1-3,6-7H2,(H,31,36)(H,33,37). The molecular weight excluding hydrogens is 499 g/mol. The number of benzene rings is 2. The SMILES string of the molecule is O=C(Nc1cn2nc(Oc3cccc(NC(=O)C4CCCCC4)c3)ccc2n1)c1cccc(C(F)(F)F)c1. The molecule has 2 amide bonds. The smallest absolute Gasteiger partial charge is 0.416 e. The molecule has 2 aromatic carbocycles. The number of halogens is 3. The number of rotatable bonds is 6. The molecule has 2 aromatic heterocycles. The Labute approximate surface area is 215 Å². The van der Waals surface area contributed by atoms with Crippen molar-refractivity contribution in [1.82, 2.24) is 14.6 Å². The predicted molar refractivity (Wildman–Crippen MR) is 134 cm³/mol. The molecule has 11 heteroatoms. The molecule has 8 nitrogen and oxygen atoms in total. The number of hydrogen-bond acceptors (Lipinski definition) is 5. The van der Waals surface area contributed by atoms with Crippen LogP contribution >= 0.6 is 0 Å². The number of imidazole rings is 1. The van der Waals surface area contributed by atoms with Gasteiger partial charge in [0.1, 0.15) is 5.75 Å². The van der Waals surface area contributed by atoms with Crippen LogP contribution in [-0.2, 0) is 11.0 Å². The molecule has 0 unspecified atom stereocenters. The van der Waals surface area contributed by atoms with E-state index < -0.39 is 17.6 Å². The van der Waals surface area contributed by atoms with Gasteiger partial charge in [-0.15, -0.1) is 5.10 Å². The Balaban J connectivity index is 1.26. The molecule has 2 heterocycles. The lowest BCUT2D eigenvalue weighted by molar-refractivity contribution is -0.137. The fourth-order valence-corrected chi connectivity index (χ4v) is 4.37. The molecule has 0 aliphatic heterocycles. The molecule has 1 saturated carbocycles. The van der Waals surface area contributed by atoms with Crippen LogP contribution < -0.4 is 15.4 Å². The third kappa shape index (κ3) is 5.93. The fourth-order valence-electron chi connectivity index (χ4n) is 4.37. The Hall–Kier alpha value is -4.41. The van der Waals surface area contributed by atoms with E-state index in [1.165, 1.54) is 29.3 Å². The minimum absolute atomic E-state index is 0.0134. The van der Waals surface area contributed by atoms with Gasteiger partial charge in [-0.1, -0.05) is 31.4 Å². The summed E-state index contributed by atoms with van der Waals surface area (Å²) in [6.45, 7) is 0. The molecule has 38 heavy (non-hydrogen) atoms. The Bertz CT molecular complexity index is 1480. The maximum absolute atomic E-state index is 13.0. The number of nitrogens with one attached hydrogen (secondary N) is 2. The first-order valence-electron chi connectivity index (χ1n) is 12.2. The number of anilines is 2. The summed E-state index contributed by atoms with van der Waals surface area (Å²) < 4.78 is 46.1. The van der Waals surface area contributed by atoms with Crippen LogP contribution in [0.4, 0.5) is 24.7 Å². The number of amides is 2. The maximum atomic E-state index is 13.0. The highest BCUT2D eigenvalue weighted by Gasteiger charge is 2.31. The molecule has 0 spiro atoms. The summed E-state index contributed by atoms with van der Waals surface area (Å²) in [5.41, 5.74) is -0.0443. The van der Waals surface area contributed by atoms with Crippen molar-refractivity contribution in [2.24, 2.45) is 5.92 Å². The van der Waals surface area contributed by atoms with Crippen molar-refractivity contribution in [3.05, 3.63) is 78.0 Å². The summed E-state index contributed by atoms with van der Waals surface area (Å²) in [5.74, 6) is 0.131. The largest absolute Gasteiger partial charge is 0.438 e. The number of aromatic nitrogens is 3. The molecule has 0 radical (unpaired) electrons. The summed E-state index contributed by atoms with van der Waals surface area (Å²) in [6.07, 6.45) is 1.98. The normalized spacial score (nSPS) is 14.3. The van der Waals surface area contributed by atoms with Crippen LogP contribution in [0.15, 0.2) is 66.9 Å². The molecule has 0 atom stereocenters. The highest BCUT2D eigenvalue weighted by molar-refractivity contribution is 6.04. The molecule has 4 aromatic rings. The van der Waals surface area contributed by atoms with Crippen molar-refractivity contribution in [3.63, 3.8) is 0 Å². The lowest BCUT2D eigenvalue weighted by atomic mass is 9.88. The van der Waals surface area contributed by atoms with Gasteiger partial charge < -0.3 is 15.4 Å². The lowest BCUT2D eigenvalue weighted by Gasteiger charge is -2.20. The summed E-state index contributed by atoms with van der Waals surface area (Å²) >= 11 is 0. The van der Waals surface area contributed by atoms with Gasteiger partial charge in [0.15, 0.2) is 11.5 Å². The van der Waals surface area contributed by atoms with E-state index in [4.69, 9.17) is 4.74 Å². The van der Waals surface area contributed by atoms with Gasteiger partial charge in [0.25, 0.3) is 5.91 Å². The molecule has 1 aliphatic carbocycles. The maximum Gasteiger partial charge on any atom is 0.416 e. The van der Waals surface area contributed by atoms with Crippen molar-refractivity contribution in [2.45, 2.75) is 38.3 Å². The first-order valence-corrected chi connectivity index (χ1v) is 12.2. The van der Waals surface area contributed by atoms with E-state index in [9.17, 15) is 22.8 Å². The summed E-state index contributed by atoms with van der Waals surface area (Å²) in [6, 6.07) is 14.3. The Kier molecular flexibility index (Phi) is 6.99. The third-order valence-corrected chi connectivity index (χ3v) is 6.29. The van der Waals surface area contributed by atoms with Gasteiger partial charge in [0.05, 0.1) is 11.8 Å². The molecular formula is C27H24F3N5O3. The zero-order chi connectivity index (χ0) is 26.7. The second kappa shape index (κ2) is 10.5. The van der Waals surface area contributed by atoms with Gasteiger partial charge in [-0.05, 0) is 49.2 Å². The van der Waals surface area contributed by atoms with Gasteiger partial charge in [0, 0.05) is 29.3 Å². The molecule has 0 bridgehead atoms. The predicted octanol–water partition coefficient (Wildman–Crippen LogP) is 6.31. The van der Waals surface area contributed by atoms with Crippen LogP contribution in [0.2, 0.25) is 0 Å². The average Bonchev–Trinajstić information content (AvgIpc) is 3.30. The minimum atomic E-state index is -4.56. The molecule has 2 N–H and O–H groups in total. The molecule has 0 saturated heterocycles. The summed E-state index contributed by atoms with van der Waals surface area (Å²) in [7, 11) is 0. The summed E-state index contributed by atoms with van der Waals surface area (Å²) in [5, 5.41) is 9.77. The van der Waals surface area contributed by atoms with Gasteiger partial charge in [-0.25, -0.2) is 9.50 Å². The fraction of sp³-hybridized carbons (Fsp3) is 0.259. The van der Waals surface area contributed by atoms with E-state index in [1.807, 2.05) is 0 Å². The number of carbonyl (C=O) groups is 2. The topological polar surface area (TPSA) is 97.6 Å². The van der Waals surface area contributed by atoms with E-state index in [0.717, 1.165) is 37.8 Å². The highest BCUT2D eigenvalue weighted by atomic mass is 19.4. The van der Waals surface area contributed by atoms with Crippen LogP contribution in [0.1, 0.15) is 48.0 Å². The van der Waals surface area contributed by atoms with Gasteiger partial charge in [0.2, 0.25) is 11.8 Å². The van der Waals surface area contributed by atoms with E-state index in [0.29, 0.717) is 17.1 Å². The van der Waals surface area contributed by atoms with Gasteiger partial charge >= 0.3 is 6.18 Å². The average molecular weight is 524 g/mol. The number of alkyl halides is 3. The zero-order valence-electron chi connectivity index (χ0n) is 20.2. The number of carbonyl (C=O) groups excluding carboxylic acids is 2. The number of ether oxygens (including phenoxy) is 1. The first-order chi connectivity index (χ1) is 18.2. The molecule has 1 fully saturated rings. The van der Waals surface area contributed by atoms with Crippen molar-refractivity contribution in [2.75, 3.05) is 10.6 Å². The third-order valence-electron chi connectivity index (χ3n) is 6.29. The lowest BCUT2D eigenvalue weighted by Crippen LogP contribution is -2.24. The number of hydrogen-bond donors (Lipinski definition) is 2. The van der Waals surface area contributed by atoms with Crippen LogP contribution in [-0.4, -0.2) is 26.4 Å². The van der Waals surface area contributed by atoms with Crippen molar-refractivity contribution < 1.29 is 27.5 Å². The Morgan fingerprint density at radius 1 is 0.947 bits per heavy atom. The van der Waals surface area contributed by atoms with Crippen molar-refractivity contribution in [3.8, 4) is 11.6 Å². The molecule has 5 rings (SSSR count). The second-order valence-electron chi connectivity index (χ2n) is 9.09. The van der Waals surface area contributed by atoms with Crippen LogP contribution in [0, 0.1) is 5.92 Å². The monoisotopic (exact) mass is 523 g/mol. The minimum Gasteiger partial charge on any atom is -0.438 e. The highest BCUT2D eigenvalue weighted by Crippen LogP contribution is 2.30. The Morgan fingerprint density at radius 2 is 1.74 bits per heavy atom. The quantitative estimate of drug-likeness (QED) is 0.309. The van der Waals surface area contributed by atoms with Crippen LogP contribution in [0.3, 0.4) is 0 Å². The van der Waals surface area contributed by atoms with E-state index in [1.54, 1.807) is 36.4 Å². The van der Waals surface area contributed by atoms with Crippen molar-refractivity contribution >= 4 is 29.0 Å². The molecule has 196 valence electrons.